The number of aromatic nitrogens is 2. The first kappa shape index (κ1) is 13.9. The molecule has 0 aliphatic heterocycles. The van der Waals surface area contributed by atoms with Crippen LogP contribution in [0.2, 0.25) is 5.02 Å². The molecule has 0 aliphatic rings. The lowest BCUT2D eigenvalue weighted by molar-refractivity contribution is 0.426. The number of nitrogens with two attached hydrogens (primary N) is 1. The fourth-order valence-corrected chi connectivity index (χ4v) is 2.31. The van der Waals surface area contributed by atoms with Gasteiger partial charge < -0.3 is 15.4 Å². The lowest BCUT2D eigenvalue weighted by atomic mass is 10.2. The molecule has 0 saturated carbocycles. The fourth-order valence-electron chi connectivity index (χ4n) is 1.81. The zero-order valence-electron chi connectivity index (χ0n) is 10.5. The van der Waals surface area contributed by atoms with Crippen LogP contribution in [-0.2, 0) is 0 Å². The normalized spacial score (nSPS) is 10.8. The zero-order chi connectivity index (χ0) is 15.0. The number of phenolic OH excluding ortho intramolecular Hbond substituents is 1. The quantitative estimate of drug-likeness (QED) is 0.667. The van der Waals surface area contributed by atoms with Crippen molar-refractivity contribution in [2.45, 2.75) is 0 Å². The molecule has 7 heteroatoms. The predicted molar refractivity (Wildman–Crippen MR) is 84.0 cm³/mol. The van der Waals surface area contributed by atoms with E-state index in [1.54, 1.807) is 30.3 Å². The van der Waals surface area contributed by atoms with E-state index in [-0.39, 0.29) is 11.6 Å². The molecule has 3 rings (SSSR count). The molecular formula is C14H9BrClN3O2. The second-order valence-corrected chi connectivity index (χ2v) is 5.59. The van der Waals surface area contributed by atoms with E-state index in [0.717, 1.165) is 10.0 Å². The van der Waals surface area contributed by atoms with Crippen molar-refractivity contribution in [2.24, 2.45) is 0 Å². The van der Waals surface area contributed by atoms with Gasteiger partial charge in [-0.1, -0.05) is 16.8 Å². The van der Waals surface area contributed by atoms with Crippen LogP contribution >= 0.6 is 27.5 Å². The minimum Gasteiger partial charge on any atom is -0.507 e. The maximum atomic E-state index is 9.87. The largest absolute Gasteiger partial charge is 0.507 e. The third-order valence-corrected chi connectivity index (χ3v) is 4.07. The minimum atomic E-state index is -0.0116. The molecule has 1 aromatic heterocycles. The van der Waals surface area contributed by atoms with Crippen molar-refractivity contribution in [2.75, 3.05) is 5.73 Å². The average Bonchev–Trinajstić information content (AvgIpc) is 2.91. The molecule has 0 saturated heterocycles. The molecule has 1 heterocycles. The Hall–Kier alpha value is -2.05. The van der Waals surface area contributed by atoms with E-state index >= 15 is 0 Å². The zero-order valence-corrected chi connectivity index (χ0v) is 12.9. The second kappa shape index (κ2) is 5.38. The summed E-state index contributed by atoms with van der Waals surface area (Å²) in [5.41, 5.74) is 7.22. The van der Waals surface area contributed by atoms with E-state index in [0.29, 0.717) is 22.1 Å². The molecule has 0 aliphatic carbocycles. The summed E-state index contributed by atoms with van der Waals surface area (Å²) in [5.74, 6) is 0.606. The standard InChI is InChI=1S/C14H9BrClN3O2/c15-10-5-7(1-4-11(10)16)13-18-14(21-19-13)9-3-2-8(17)6-12(9)20/h1-6,20H,17H2. The molecule has 2 aromatic carbocycles. The van der Waals surface area contributed by atoms with E-state index in [4.69, 9.17) is 21.9 Å². The van der Waals surface area contributed by atoms with Crippen molar-refractivity contribution in [3.8, 4) is 28.6 Å². The molecule has 3 aromatic rings. The molecule has 0 radical (unpaired) electrons. The minimum absolute atomic E-state index is 0.0116. The Kier molecular flexibility index (Phi) is 3.57. The van der Waals surface area contributed by atoms with Gasteiger partial charge in [-0.05, 0) is 46.3 Å². The van der Waals surface area contributed by atoms with Crippen LogP contribution in [0.25, 0.3) is 22.8 Å². The maximum absolute atomic E-state index is 9.87. The third kappa shape index (κ3) is 2.72. The molecule has 0 bridgehead atoms. The van der Waals surface area contributed by atoms with E-state index in [9.17, 15) is 5.11 Å². The Morgan fingerprint density at radius 3 is 2.71 bits per heavy atom. The number of halogens is 2. The smallest absolute Gasteiger partial charge is 0.262 e. The molecule has 21 heavy (non-hydrogen) atoms. The number of rotatable bonds is 2. The van der Waals surface area contributed by atoms with Crippen LogP contribution in [0.15, 0.2) is 45.4 Å². The number of hydrogen-bond donors (Lipinski definition) is 2. The summed E-state index contributed by atoms with van der Waals surface area (Å²) in [7, 11) is 0. The highest BCUT2D eigenvalue weighted by Crippen LogP contribution is 2.32. The lowest BCUT2D eigenvalue weighted by Gasteiger charge is -2.00. The Morgan fingerprint density at radius 1 is 1.19 bits per heavy atom. The Morgan fingerprint density at radius 2 is 2.00 bits per heavy atom. The summed E-state index contributed by atoms with van der Waals surface area (Å²) in [4.78, 5) is 4.27. The van der Waals surface area contributed by atoms with E-state index in [1.807, 2.05) is 0 Å². The molecule has 0 atom stereocenters. The number of hydrogen-bond acceptors (Lipinski definition) is 5. The molecule has 3 N–H and O–H groups in total. The monoisotopic (exact) mass is 365 g/mol. The number of anilines is 1. The van der Waals surface area contributed by atoms with Crippen LogP contribution in [0.3, 0.4) is 0 Å². The van der Waals surface area contributed by atoms with Gasteiger partial charge in [0.25, 0.3) is 5.89 Å². The summed E-state index contributed by atoms with van der Waals surface area (Å²) in [6.07, 6.45) is 0. The highest BCUT2D eigenvalue weighted by Gasteiger charge is 2.14. The van der Waals surface area contributed by atoms with Crippen molar-refractivity contribution in [1.82, 2.24) is 10.1 Å². The van der Waals surface area contributed by atoms with Crippen molar-refractivity contribution < 1.29 is 9.63 Å². The van der Waals surface area contributed by atoms with Gasteiger partial charge in [-0.15, -0.1) is 0 Å². The van der Waals surface area contributed by atoms with Gasteiger partial charge in [0.2, 0.25) is 5.82 Å². The SMILES string of the molecule is Nc1ccc(-c2nc(-c3ccc(Cl)c(Br)c3)no2)c(O)c1. The first-order valence-electron chi connectivity index (χ1n) is 5.92. The van der Waals surface area contributed by atoms with E-state index < -0.39 is 0 Å². The van der Waals surface area contributed by atoms with Crippen molar-refractivity contribution in [3.63, 3.8) is 0 Å². The summed E-state index contributed by atoms with van der Waals surface area (Å²) in [6.45, 7) is 0. The van der Waals surface area contributed by atoms with Crippen molar-refractivity contribution in [3.05, 3.63) is 45.9 Å². The lowest BCUT2D eigenvalue weighted by Crippen LogP contribution is -1.86. The Balaban J connectivity index is 2.01. The van der Waals surface area contributed by atoms with E-state index in [2.05, 4.69) is 26.1 Å². The summed E-state index contributed by atoms with van der Waals surface area (Å²) in [5, 5.41) is 14.4. The number of benzene rings is 2. The number of nitrogens with zero attached hydrogens (tertiary/aromatic N) is 2. The van der Waals surface area contributed by atoms with Crippen LogP contribution in [0, 0.1) is 0 Å². The van der Waals surface area contributed by atoms with Crippen LogP contribution in [0.4, 0.5) is 5.69 Å². The van der Waals surface area contributed by atoms with Crippen LogP contribution in [0.5, 0.6) is 5.75 Å². The maximum Gasteiger partial charge on any atom is 0.262 e. The highest BCUT2D eigenvalue weighted by molar-refractivity contribution is 9.10. The first-order valence-corrected chi connectivity index (χ1v) is 7.09. The first-order chi connectivity index (χ1) is 10.0. The molecule has 5 nitrogen and oxygen atoms in total. The number of phenols is 1. The van der Waals surface area contributed by atoms with Gasteiger partial charge in [0, 0.05) is 21.8 Å². The number of aromatic hydroxyl groups is 1. The predicted octanol–water partition coefficient (Wildman–Crippen LogP) is 4.11. The van der Waals surface area contributed by atoms with Gasteiger partial charge in [0.15, 0.2) is 0 Å². The van der Waals surface area contributed by atoms with Crippen molar-refractivity contribution in [1.29, 1.82) is 0 Å². The van der Waals surface area contributed by atoms with Gasteiger partial charge in [-0.25, -0.2) is 0 Å². The van der Waals surface area contributed by atoms with Gasteiger partial charge in [0.05, 0.1) is 10.6 Å². The molecule has 0 amide bonds. The van der Waals surface area contributed by atoms with Crippen LogP contribution in [-0.4, -0.2) is 15.2 Å². The Bertz CT molecular complexity index is 820. The summed E-state index contributed by atoms with van der Waals surface area (Å²) >= 11 is 9.29. The molecule has 106 valence electrons. The molecule has 0 fully saturated rings. The van der Waals surface area contributed by atoms with Crippen LogP contribution < -0.4 is 5.73 Å². The second-order valence-electron chi connectivity index (χ2n) is 4.33. The van der Waals surface area contributed by atoms with Gasteiger partial charge in [-0.2, -0.15) is 4.98 Å². The van der Waals surface area contributed by atoms with Crippen LogP contribution in [0.1, 0.15) is 0 Å². The molecule has 0 unspecified atom stereocenters. The number of nitrogen functional groups attached to an aromatic ring is 1. The van der Waals surface area contributed by atoms with Gasteiger partial charge in [0.1, 0.15) is 5.75 Å². The summed E-state index contributed by atoms with van der Waals surface area (Å²) in [6, 6.07) is 10.0. The third-order valence-electron chi connectivity index (χ3n) is 2.86. The van der Waals surface area contributed by atoms with Crippen molar-refractivity contribution >= 4 is 33.2 Å². The topological polar surface area (TPSA) is 85.2 Å². The van der Waals surface area contributed by atoms with Gasteiger partial charge in [-0.3, -0.25) is 0 Å². The van der Waals surface area contributed by atoms with E-state index in [1.165, 1.54) is 6.07 Å². The highest BCUT2D eigenvalue weighted by atomic mass is 79.9. The summed E-state index contributed by atoms with van der Waals surface area (Å²) < 4.78 is 5.92. The molecular weight excluding hydrogens is 358 g/mol. The Labute approximate surface area is 133 Å². The fraction of sp³-hybridized carbons (Fsp3) is 0. The van der Waals surface area contributed by atoms with Gasteiger partial charge >= 0.3 is 0 Å². The molecule has 0 spiro atoms. The average molecular weight is 367 g/mol.